The second-order valence-corrected chi connectivity index (χ2v) is 6.86. The molecular formula is C21H28N2O3. The summed E-state index contributed by atoms with van der Waals surface area (Å²) in [5.74, 6) is 1.96. The third-order valence-corrected chi connectivity index (χ3v) is 4.97. The lowest BCUT2D eigenvalue weighted by Gasteiger charge is -2.31. The van der Waals surface area contributed by atoms with E-state index in [1.165, 1.54) is 19.3 Å². The number of para-hydroxylation sites is 1. The third kappa shape index (κ3) is 4.67. The van der Waals surface area contributed by atoms with Crippen LogP contribution < -0.4 is 4.74 Å². The summed E-state index contributed by atoms with van der Waals surface area (Å²) in [6.07, 6.45) is 3.78. The van der Waals surface area contributed by atoms with Crippen molar-refractivity contribution in [2.24, 2.45) is 0 Å². The van der Waals surface area contributed by atoms with Gasteiger partial charge in [0.2, 0.25) is 0 Å². The number of furan rings is 1. The lowest BCUT2D eigenvalue weighted by atomic mass is 10.1. The molecule has 26 heavy (non-hydrogen) atoms. The van der Waals surface area contributed by atoms with E-state index in [9.17, 15) is 4.79 Å². The average molecular weight is 356 g/mol. The van der Waals surface area contributed by atoms with Gasteiger partial charge in [0.25, 0.3) is 5.91 Å². The second kappa shape index (κ2) is 8.90. The molecule has 1 saturated heterocycles. The number of hydrogen-bond acceptors (Lipinski definition) is 4. The van der Waals surface area contributed by atoms with Crippen LogP contribution in [-0.2, 0) is 0 Å². The molecule has 1 aromatic heterocycles. The molecular weight excluding hydrogens is 328 g/mol. The van der Waals surface area contributed by atoms with Crippen LogP contribution in [0.4, 0.5) is 0 Å². The van der Waals surface area contributed by atoms with Crippen molar-refractivity contribution in [2.45, 2.75) is 32.2 Å². The number of likely N-dealkylation sites (tertiary alicyclic amines) is 1. The van der Waals surface area contributed by atoms with E-state index < -0.39 is 0 Å². The number of amides is 1. The van der Waals surface area contributed by atoms with Crippen LogP contribution in [0.2, 0.25) is 0 Å². The summed E-state index contributed by atoms with van der Waals surface area (Å²) in [5, 5.41) is 0. The van der Waals surface area contributed by atoms with E-state index in [1.54, 1.807) is 18.0 Å². The molecule has 0 bridgehead atoms. The SMILES string of the molecule is C[C@@H](c1ccc(C(=O)N(C)CCOc2ccccc2)o1)N1CCCCC1. The summed E-state index contributed by atoms with van der Waals surface area (Å²) >= 11 is 0. The van der Waals surface area contributed by atoms with Crippen LogP contribution in [0.25, 0.3) is 0 Å². The lowest BCUT2D eigenvalue weighted by molar-refractivity contribution is 0.0734. The van der Waals surface area contributed by atoms with Crippen molar-refractivity contribution in [3.63, 3.8) is 0 Å². The van der Waals surface area contributed by atoms with Gasteiger partial charge in [-0.15, -0.1) is 0 Å². The van der Waals surface area contributed by atoms with Gasteiger partial charge >= 0.3 is 0 Å². The van der Waals surface area contributed by atoms with Gasteiger partial charge in [-0.1, -0.05) is 24.6 Å². The first-order valence-electron chi connectivity index (χ1n) is 9.42. The number of nitrogens with zero attached hydrogens (tertiary/aromatic N) is 2. The molecule has 0 spiro atoms. The van der Waals surface area contributed by atoms with Gasteiger partial charge in [0.15, 0.2) is 5.76 Å². The molecule has 1 atom stereocenters. The van der Waals surface area contributed by atoms with Crippen LogP contribution in [0, 0.1) is 0 Å². The first-order chi connectivity index (χ1) is 12.6. The predicted molar refractivity (Wildman–Crippen MR) is 101 cm³/mol. The summed E-state index contributed by atoms with van der Waals surface area (Å²) in [4.78, 5) is 16.6. The van der Waals surface area contributed by atoms with Crippen molar-refractivity contribution >= 4 is 5.91 Å². The zero-order valence-electron chi connectivity index (χ0n) is 15.7. The quantitative estimate of drug-likeness (QED) is 0.753. The van der Waals surface area contributed by atoms with Crippen molar-refractivity contribution in [2.75, 3.05) is 33.3 Å². The highest BCUT2D eigenvalue weighted by atomic mass is 16.5. The summed E-state index contributed by atoms with van der Waals surface area (Å²) < 4.78 is 11.5. The number of rotatable bonds is 7. The smallest absolute Gasteiger partial charge is 0.289 e. The standard InChI is InChI=1S/C21H28N2O3/c1-17(23-13-7-4-8-14-23)19-11-12-20(26-19)21(24)22(2)15-16-25-18-9-5-3-6-10-18/h3,5-6,9-12,17H,4,7-8,13-16H2,1-2H3/t17-/m0/s1. The van der Waals surface area contributed by atoms with Crippen molar-refractivity contribution in [3.05, 3.63) is 54.0 Å². The van der Waals surface area contributed by atoms with Crippen LogP contribution in [0.3, 0.4) is 0 Å². The Kier molecular flexibility index (Phi) is 6.34. The monoisotopic (exact) mass is 356 g/mol. The summed E-state index contributed by atoms with van der Waals surface area (Å²) in [6, 6.07) is 13.5. The maximum absolute atomic E-state index is 12.6. The number of benzene rings is 1. The summed E-state index contributed by atoms with van der Waals surface area (Å²) in [5.41, 5.74) is 0. The molecule has 0 radical (unpaired) electrons. The Balaban J connectivity index is 1.51. The van der Waals surface area contributed by atoms with Crippen LogP contribution in [0.15, 0.2) is 46.9 Å². The first kappa shape index (κ1) is 18.5. The molecule has 5 nitrogen and oxygen atoms in total. The zero-order chi connectivity index (χ0) is 18.4. The molecule has 1 fully saturated rings. The fourth-order valence-corrected chi connectivity index (χ4v) is 3.28. The Hall–Kier alpha value is -2.27. The molecule has 0 N–H and O–H groups in total. The van der Waals surface area contributed by atoms with Crippen LogP contribution in [0.5, 0.6) is 5.75 Å². The Morgan fingerprint density at radius 2 is 1.88 bits per heavy atom. The number of carbonyl (C=O) groups is 1. The van der Waals surface area contributed by atoms with Crippen LogP contribution in [0.1, 0.15) is 48.5 Å². The molecule has 140 valence electrons. The van der Waals surface area contributed by atoms with Gasteiger partial charge in [-0.25, -0.2) is 0 Å². The summed E-state index contributed by atoms with van der Waals surface area (Å²) in [6.45, 7) is 5.30. The highest BCUT2D eigenvalue weighted by Crippen LogP contribution is 2.26. The number of ether oxygens (including phenoxy) is 1. The molecule has 5 heteroatoms. The van der Waals surface area contributed by atoms with Gasteiger partial charge in [0.1, 0.15) is 18.1 Å². The number of hydrogen-bond donors (Lipinski definition) is 0. The minimum atomic E-state index is -0.112. The van der Waals surface area contributed by atoms with Gasteiger partial charge in [0.05, 0.1) is 12.6 Å². The molecule has 0 saturated carbocycles. The minimum absolute atomic E-state index is 0.112. The molecule has 2 aromatic rings. The van der Waals surface area contributed by atoms with Gasteiger partial charge in [0, 0.05) is 7.05 Å². The normalized spacial score (nSPS) is 16.2. The fourth-order valence-electron chi connectivity index (χ4n) is 3.28. The molecule has 1 aromatic carbocycles. The molecule has 3 rings (SSSR count). The number of carbonyl (C=O) groups excluding carboxylic acids is 1. The van der Waals surface area contributed by atoms with Crippen molar-refractivity contribution in [3.8, 4) is 5.75 Å². The Labute approximate surface area is 155 Å². The Morgan fingerprint density at radius 3 is 2.62 bits per heavy atom. The van der Waals surface area contributed by atoms with Crippen molar-refractivity contribution < 1.29 is 13.9 Å². The first-order valence-corrected chi connectivity index (χ1v) is 9.42. The minimum Gasteiger partial charge on any atom is -0.492 e. The Morgan fingerprint density at radius 1 is 1.15 bits per heavy atom. The van der Waals surface area contributed by atoms with E-state index in [2.05, 4.69) is 11.8 Å². The third-order valence-electron chi connectivity index (χ3n) is 4.97. The molecule has 1 aliphatic heterocycles. The van der Waals surface area contributed by atoms with E-state index in [1.807, 2.05) is 36.4 Å². The maximum Gasteiger partial charge on any atom is 0.289 e. The van der Waals surface area contributed by atoms with E-state index in [-0.39, 0.29) is 11.9 Å². The fraction of sp³-hybridized carbons (Fsp3) is 0.476. The number of likely N-dealkylation sites (N-methyl/N-ethyl adjacent to an activating group) is 1. The van der Waals surface area contributed by atoms with E-state index >= 15 is 0 Å². The summed E-state index contributed by atoms with van der Waals surface area (Å²) in [7, 11) is 1.77. The van der Waals surface area contributed by atoms with Gasteiger partial charge < -0.3 is 14.1 Å². The molecule has 1 aliphatic rings. The van der Waals surface area contributed by atoms with Gasteiger partial charge in [-0.2, -0.15) is 0 Å². The van der Waals surface area contributed by atoms with Gasteiger partial charge in [-0.3, -0.25) is 9.69 Å². The largest absolute Gasteiger partial charge is 0.492 e. The maximum atomic E-state index is 12.6. The second-order valence-electron chi connectivity index (χ2n) is 6.86. The molecule has 2 heterocycles. The highest BCUT2D eigenvalue weighted by Gasteiger charge is 2.23. The predicted octanol–water partition coefficient (Wildman–Crippen LogP) is 3.98. The van der Waals surface area contributed by atoms with Crippen molar-refractivity contribution in [1.82, 2.24) is 9.80 Å². The molecule has 0 aliphatic carbocycles. The zero-order valence-corrected chi connectivity index (χ0v) is 15.7. The Bertz CT molecular complexity index is 692. The number of piperidine rings is 1. The topological polar surface area (TPSA) is 45.9 Å². The average Bonchev–Trinajstić information content (AvgIpc) is 3.18. The molecule has 1 amide bonds. The van der Waals surface area contributed by atoms with Crippen molar-refractivity contribution in [1.29, 1.82) is 0 Å². The van der Waals surface area contributed by atoms with Crippen LogP contribution in [-0.4, -0.2) is 49.0 Å². The van der Waals surface area contributed by atoms with E-state index in [0.717, 1.165) is 24.6 Å². The molecule has 0 unspecified atom stereocenters. The van der Waals surface area contributed by atoms with Gasteiger partial charge in [-0.05, 0) is 57.1 Å². The van der Waals surface area contributed by atoms with E-state index in [0.29, 0.717) is 18.9 Å². The highest BCUT2D eigenvalue weighted by molar-refractivity contribution is 5.91. The lowest BCUT2D eigenvalue weighted by Crippen LogP contribution is -2.32. The van der Waals surface area contributed by atoms with E-state index in [4.69, 9.17) is 9.15 Å². The van der Waals surface area contributed by atoms with Crippen LogP contribution >= 0.6 is 0 Å².